The summed E-state index contributed by atoms with van der Waals surface area (Å²) in [5.41, 5.74) is 1.86. The van der Waals surface area contributed by atoms with Crippen LogP contribution in [0.5, 0.6) is 0 Å². The Labute approximate surface area is 148 Å². The zero-order valence-corrected chi connectivity index (χ0v) is 14.4. The van der Waals surface area contributed by atoms with Crippen LogP contribution in [-0.4, -0.2) is 29.9 Å². The molecular weight excluding hydrogens is 314 g/mol. The highest BCUT2D eigenvalue weighted by molar-refractivity contribution is 6.14. The molecule has 0 amide bonds. The van der Waals surface area contributed by atoms with Crippen LogP contribution in [0.3, 0.4) is 0 Å². The van der Waals surface area contributed by atoms with Crippen LogP contribution in [0.4, 0.5) is 5.69 Å². The van der Waals surface area contributed by atoms with Gasteiger partial charge in [0.25, 0.3) is 0 Å². The minimum Gasteiger partial charge on any atom is -0.478 e. The van der Waals surface area contributed by atoms with E-state index in [1.165, 1.54) is 38.2 Å². The number of benzene rings is 2. The lowest BCUT2D eigenvalue weighted by molar-refractivity contribution is 0.0693. The minimum absolute atomic E-state index is 0.0379. The molecule has 0 aliphatic heterocycles. The van der Waals surface area contributed by atoms with Gasteiger partial charge in [0.1, 0.15) is 0 Å². The van der Waals surface area contributed by atoms with Gasteiger partial charge in [-0.05, 0) is 43.2 Å². The zero-order valence-electron chi connectivity index (χ0n) is 14.4. The SMILES string of the molecule is CN(c1ccc(C(=O)c2ccccc2C(=O)O)cc1)C1CCCCC1. The van der Waals surface area contributed by atoms with Crippen molar-refractivity contribution in [2.24, 2.45) is 0 Å². The van der Waals surface area contributed by atoms with E-state index in [2.05, 4.69) is 11.9 Å². The Bertz CT molecular complexity index is 761. The summed E-state index contributed by atoms with van der Waals surface area (Å²) in [5.74, 6) is -1.34. The third-order valence-corrected chi connectivity index (χ3v) is 5.06. The van der Waals surface area contributed by atoms with E-state index in [0.717, 1.165) is 5.69 Å². The predicted octanol–water partition coefficient (Wildman–Crippen LogP) is 4.38. The molecule has 0 saturated heterocycles. The van der Waals surface area contributed by atoms with Crippen molar-refractivity contribution in [2.75, 3.05) is 11.9 Å². The van der Waals surface area contributed by atoms with Gasteiger partial charge in [0.2, 0.25) is 0 Å². The van der Waals surface area contributed by atoms with Crippen LogP contribution in [0.15, 0.2) is 48.5 Å². The number of ketones is 1. The number of hydrogen-bond acceptors (Lipinski definition) is 3. The van der Waals surface area contributed by atoms with Crippen LogP contribution in [0, 0.1) is 0 Å². The maximum atomic E-state index is 12.7. The van der Waals surface area contributed by atoms with E-state index in [1.807, 2.05) is 12.1 Å². The van der Waals surface area contributed by atoms with E-state index in [-0.39, 0.29) is 16.9 Å². The van der Waals surface area contributed by atoms with E-state index in [1.54, 1.807) is 30.3 Å². The van der Waals surface area contributed by atoms with Crippen LogP contribution >= 0.6 is 0 Å². The van der Waals surface area contributed by atoms with Gasteiger partial charge in [-0.2, -0.15) is 0 Å². The molecule has 2 aromatic carbocycles. The van der Waals surface area contributed by atoms with Crippen LogP contribution in [0.2, 0.25) is 0 Å². The Kier molecular flexibility index (Phi) is 5.17. The lowest BCUT2D eigenvalue weighted by Crippen LogP contribution is -2.33. The molecule has 1 aliphatic rings. The van der Waals surface area contributed by atoms with E-state index in [9.17, 15) is 14.7 Å². The summed E-state index contributed by atoms with van der Waals surface area (Å²) in [4.78, 5) is 26.3. The van der Waals surface area contributed by atoms with Crippen LogP contribution in [0.1, 0.15) is 58.4 Å². The molecule has 25 heavy (non-hydrogen) atoms. The Balaban J connectivity index is 1.80. The molecule has 0 unspecified atom stereocenters. The highest BCUT2D eigenvalue weighted by Crippen LogP contribution is 2.26. The second-order valence-corrected chi connectivity index (χ2v) is 6.63. The molecule has 0 bridgehead atoms. The molecule has 0 atom stereocenters. The first kappa shape index (κ1) is 17.2. The number of carbonyl (C=O) groups is 2. The molecule has 0 aromatic heterocycles. The standard InChI is InChI=1S/C21H23NO3/c1-22(16-7-3-2-4-8-16)17-13-11-15(12-14-17)20(23)18-9-5-6-10-19(18)21(24)25/h5-6,9-14,16H,2-4,7-8H2,1H3,(H,24,25). The largest absolute Gasteiger partial charge is 0.478 e. The van der Waals surface area contributed by atoms with Gasteiger partial charge in [-0.25, -0.2) is 4.79 Å². The van der Waals surface area contributed by atoms with Gasteiger partial charge in [0.05, 0.1) is 5.56 Å². The summed E-state index contributed by atoms with van der Waals surface area (Å²) in [6.07, 6.45) is 6.29. The van der Waals surface area contributed by atoms with E-state index in [4.69, 9.17) is 0 Å². The number of rotatable bonds is 5. The van der Waals surface area contributed by atoms with Crippen molar-refractivity contribution in [1.82, 2.24) is 0 Å². The molecule has 3 rings (SSSR count). The second kappa shape index (κ2) is 7.51. The van der Waals surface area contributed by atoms with E-state index in [0.29, 0.717) is 11.6 Å². The Morgan fingerprint density at radius 1 is 0.920 bits per heavy atom. The molecule has 4 heteroatoms. The molecule has 1 aliphatic carbocycles. The van der Waals surface area contributed by atoms with Gasteiger partial charge in [0, 0.05) is 29.9 Å². The maximum Gasteiger partial charge on any atom is 0.336 e. The summed E-state index contributed by atoms with van der Waals surface area (Å²) in [7, 11) is 2.10. The number of carboxylic acid groups (broad SMARTS) is 1. The Morgan fingerprint density at radius 3 is 2.12 bits per heavy atom. The third kappa shape index (κ3) is 3.73. The Hall–Kier alpha value is -2.62. The fourth-order valence-electron chi connectivity index (χ4n) is 3.55. The average Bonchev–Trinajstić information content (AvgIpc) is 2.67. The molecule has 1 N–H and O–H groups in total. The topological polar surface area (TPSA) is 57.6 Å². The minimum atomic E-state index is -1.09. The zero-order chi connectivity index (χ0) is 17.8. The number of aromatic carboxylic acids is 1. The van der Waals surface area contributed by atoms with Crippen molar-refractivity contribution in [3.05, 3.63) is 65.2 Å². The third-order valence-electron chi connectivity index (χ3n) is 5.06. The highest BCUT2D eigenvalue weighted by Gasteiger charge is 2.20. The van der Waals surface area contributed by atoms with Crippen molar-refractivity contribution >= 4 is 17.4 Å². The van der Waals surface area contributed by atoms with Crippen molar-refractivity contribution in [1.29, 1.82) is 0 Å². The highest BCUT2D eigenvalue weighted by atomic mass is 16.4. The first-order valence-electron chi connectivity index (χ1n) is 8.78. The second-order valence-electron chi connectivity index (χ2n) is 6.63. The summed E-state index contributed by atoms with van der Waals surface area (Å²) in [5, 5.41) is 9.26. The maximum absolute atomic E-state index is 12.7. The van der Waals surface area contributed by atoms with Crippen LogP contribution < -0.4 is 4.90 Å². The fraction of sp³-hybridized carbons (Fsp3) is 0.333. The summed E-state index contributed by atoms with van der Waals surface area (Å²) < 4.78 is 0. The van der Waals surface area contributed by atoms with Gasteiger partial charge >= 0.3 is 5.97 Å². The van der Waals surface area contributed by atoms with Gasteiger partial charge in [-0.3, -0.25) is 4.79 Å². The van der Waals surface area contributed by atoms with Gasteiger partial charge in [0.15, 0.2) is 5.78 Å². The number of anilines is 1. The monoisotopic (exact) mass is 337 g/mol. The first-order valence-corrected chi connectivity index (χ1v) is 8.78. The van der Waals surface area contributed by atoms with E-state index < -0.39 is 5.97 Å². The number of hydrogen-bond donors (Lipinski definition) is 1. The molecular formula is C21H23NO3. The molecule has 0 radical (unpaired) electrons. The summed E-state index contributed by atoms with van der Waals surface area (Å²) in [6, 6.07) is 14.4. The van der Waals surface area contributed by atoms with Crippen molar-refractivity contribution < 1.29 is 14.7 Å². The fourth-order valence-corrected chi connectivity index (χ4v) is 3.55. The number of nitrogens with zero attached hydrogens (tertiary/aromatic N) is 1. The first-order chi connectivity index (χ1) is 12.1. The lowest BCUT2D eigenvalue weighted by Gasteiger charge is -2.33. The van der Waals surface area contributed by atoms with Gasteiger partial charge in [-0.15, -0.1) is 0 Å². The van der Waals surface area contributed by atoms with Crippen LogP contribution in [-0.2, 0) is 0 Å². The molecule has 1 fully saturated rings. The molecule has 130 valence electrons. The van der Waals surface area contributed by atoms with Crippen LogP contribution in [0.25, 0.3) is 0 Å². The molecule has 0 heterocycles. The van der Waals surface area contributed by atoms with Crippen molar-refractivity contribution in [3.63, 3.8) is 0 Å². The molecule has 1 saturated carbocycles. The summed E-state index contributed by atoms with van der Waals surface area (Å²) >= 11 is 0. The molecule has 4 nitrogen and oxygen atoms in total. The van der Waals surface area contributed by atoms with Gasteiger partial charge < -0.3 is 10.0 Å². The lowest BCUT2D eigenvalue weighted by atomic mass is 9.94. The summed E-state index contributed by atoms with van der Waals surface area (Å²) in [6.45, 7) is 0. The molecule has 2 aromatic rings. The predicted molar refractivity (Wildman–Crippen MR) is 98.6 cm³/mol. The number of carboxylic acids is 1. The quantitative estimate of drug-likeness (QED) is 0.822. The van der Waals surface area contributed by atoms with E-state index >= 15 is 0 Å². The van der Waals surface area contributed by atoms with Crippen molar-refractivity contribution in [3.8, 4) is 0 Å². The number of carbonyl (C=O) groups excluding carboxylic acids is 1. The van der Waals surface area contributed by atoms with Gasteiger partial charge in [-0.1, -0.05) is 37.5 Å². The smallest absolute Gasteiger partial charge is 0.336 e. The molecule has 0 spiro atoms. The average molecular weight is 337 g/mol. The Morgan fingerprint density at radius 2 is 1.52 bits per heavy atom. The van der Waals surface area contributed by atoms with Crippen molar-refractivity contribution in [2.45, 2.75) is 38.1 Å². The normalized spacial score (nSPS) is 14.9.